The molecule has 1 heterocycles. The van der Waals surface area contributed by atoms with E-state index in [1.54, 1.807) is 31.2 Å². The first-order chi connectivity index (χ1) is 9.54. The number of amides is 3. The van der Waals surface area contributed by atoms with E-state index in [4.69, 9.17) is 5.11 Å². The van der Waals surface area contributed by atoms with Gasteiger partial charge in [-0.15, -0.1) is 0 Å². The van der Waals surface area contributed by atoms with Crippen LogP contribution >= 0.6 is 0 Å². The van der Waals surface area contributed by atoms with Crippen molar-refractivity contribution in [2.75, 3.05) is 13.2 Å². The number of benzene rings is 1. The Morgan fingerprint density at radius 1 is 1.25 bits per heavy atom. The summed E-state index contributed by atoms with van der Waals surface area (Å²) in [4.78, 5) is 36.7. The molecule has 6 heteroatoms. The summed E-state index contributed by atoms with van der Waals surface area (Å²) in [5.74, 6) is -1.04. The molecule has 0 radical (unpaired) electrons. The summed E-state index contributed by atoms with van der Waals surface area (Å²) in [6.07, 6.45) is 0.0236. The molecule has 0 fully saturated rings. The van der Waals surface area contributed by atoms with Crippen LogP contribution < -0.4 is 5.32 Å². The topological polar surface area (TPSA) is 86.7 Å². The Hall–Kier alpha value is -2.21. The molecule has 0 unspecified atom stereocenters. The smallest absolute Gasteiger partial charge is 0.261 e. The molecule has 1 aliphatic rings. The van der Waals surface area contributed by atoms with Gasteiger partial charge < -0.3 is 10.4 Å². The lowest BCUT2D eigenvalue weighted by Crippen LogP contribution is -2.38. The maximum Gasteiger partial charge on any atom is 0.261 e. The summed E-state index contributed by atoms with van der Waals surface area (Å²) < 4.78 is 0. The van der Waals surface area contributed by atoms with Crippen LogP contribution in [0.25, 0.3) is 0 Å². The first-order valence-electron chi connectivity index (χ1n) is 6.40. The summed E-state index contributed by atoms with van der Waals surface area (Å²) in [6, 6.07) is 6.25. The molecule has 106 valence electrons. The van der Waals surface area contributed by atoms with Crippen LogP contribution in [0.4, 0.5) is 0 Å². The second-order valence-corrected chi connectivity index (χ2v) is 4.71. The number of imide groups is 1. The summed E-state index contributed by atoms with van der Waals surface area (Å²) in [6.45, 7) is 1.55. The molecule has 0 aromatic heterocycles. The van der Waals surface area contributed by atoms with Gasteiger partial charge in [0.15, 0.2) is 0 Å². The van der Waals surface area contributed by atoms with Crippen LogP contribution in [0.2, 0.25) is 0 Å². The second kappa shape index (κ2) is 5.83. The minimum Gasteiger partial charge on any atom is -0.394 e. The van der Waals surface area contributed by atoms with E-state index in [1.165, 1.54) is 0 Å². The van der Waals surface area contributed by atoms with Gasteiger partial charge in [-0.25, -0.2) is 0 Å². The molecule has 3 amide bonds. The summed E-state index contributed by atoms with van der Waals surface area (Å²) in [5, 5.41) is 11.4. The van der Waals surface area contributed by atoms with Gasteiger partial charge in [0.25, 0.3) is 11.8 Å². The van der Waals surface area contributed by atoms with E-state index in [1.807, 2.05) is 0 Å². The lowest BCUT2D eigenvalue weighted by atomic mass is 10.1. The monoisotopic (exact) mass is 276 g/mol. The molecule has 6 nitrogen and oxygen atoms in total. The summed E-state index contributed by atoms with van der Waals surface area (Å²) in [7, 11) is 0. The Bertz CT molecular complexity index is 521. The Morgan fingerprint density at radius 3 is 2.30 bits per heavy atom. The number of aliphatic hydroxyl groups is 1. The van der Waals surface area contributed by atoms with E-state index >= 15 is 0 Å². The minimum atomic E-state index is -0.367. The highest BCUT2D eigenvalue weighted by molar-refractivity contribution is 6.21. The van der Waals surface area contributed by atoms with Crippen molar-refractivity contribution in [3.05, 3.63) is 35.4 Å². The highest BCUT2D eigenvalue weighted by Gasteiger charge is 2.34. The van der Waals surface area contributed by atoms with E-state index in [9.17, 15) is 14.4 Å². The number of fused-ring (bicyclic) bond motifs is 1. The standard InChI is InChI=1S/C14H16N2O4/c1-9(8-17)15-12(18)6-7-16-13(19)10-4-2-3-5-11(10)14(16)20/h2-5,9,17H,6-8H2,1H3,(H,15,18)/t9-/m0/s1. The van der Waals surface area contributed by atoms with E-state index in [0.29, 0.717) is 11.1 Å². The van der Waals surface area contributed by atoms with Gasteiger partial charge in [-0.3, -0.25) is 19.3 Å². The van der Waals surface area contributed by atoms with Gasteiger partial charge >= 0.3 is 0 Å². The maximum atomic E-state index is 12.0. The molecule has 2 N–H and O–H groups in total. The number of aliphatic hydroxyl groups excluding tert-OH is 1. The lowest BCUT2D eigenvalue weighted by molar-refractivity contribution is -0.122. The number of nitrogens with zero attached hydrogens (tertiary/aromatic N) is 1. The third kappa shape index (κ3) is 2.70. The van der Waals surface area contributed by atoms with Crippen LogP contribution in [-0.2, 0) is 4.79 Å². The number of rotatable bonds is 5. The van der Waals surface area contributed by atoms with Crippen LogP contribution in [0.5, 0.6) is 0 Å². The summed E-state index contributed by atoms with van der Waals surface area (Å²) >= 11 is 0. The predicted octanol–water partition coefficient (Wildman–Crippen LogP) is 0.170. The molecular formula is C14H16N2O4. The quantitative estimate of drug-likeness (QED) is 0.751. The Morgan fingerprint density at radius 2 is 1.80 bits per heavy atom. The van der Waals surface area contributed by atoms with Crippen LogP contribution in [0.1, 0.15) is 34.1 Å². The van der Waals surface area contributed by atoms with E-state index in [0.717, 1.165) is 4.90 Å². The van der Waals surface area contributed by atoms with Gasteiger partial charge in [0.2, 0.25) is 5.91 Å². The Kier molecular flexibility index (Phi) is 4.14. The average molecular weight is 276 g/mol. The Balaban J connectivity index is 1.97. The fourth-order valence-electron chi connectivity index (χ4n) is 2.05. The van der Waals surface area contributed by atoms with E-state index in [-0.39, 0.29) is 43.3 Å². The molecule has 1 aliphatic heterocycles. The zero-order valence-corrected chi connectivity index (χ0v) is 11.1. The molecule has 0 bridgehead atoms. The summed E-state index contributed by atoms with van der Waals surface area (Å²) in [5.41, 5.74) is 0.753. The van der Waals surface area contributed by atoms with Gasteiger partial charge in [-0.2, -0.15) is 0 Å². The molecule has 0 spiro atoms. The molecule has 1 aromatic rings. The van der Waals surface area contributed by atoms with Crippen molar-refractivity contribution in [3.63, 3.8) is 0 Å². The first kappa shape index (κ1) is 14.2. The third-order valence-corrected chi connectivity index (χ3v) is 3.12. The van der Waals surface area contributed by atoms with Gasteiger partial charge in [0.1, 0.15) is 0 Å². The average Bonchev–Trinajstić information content (AvgIpc) is 2.69. The van der Waals surface area contributed by atoms with E-state index < -0.39 is 0 Å². The van der Waals surface area contributed by atoms with Crippen LogP contribution in [0, 0.1) is 0 Å². The third-order valence-electron chi connectivity index (χ3n) is 3.12. The second-order valence-electron chi connectivity index (χ2n) is 4.71. The van der Waals surface area contributed by atoms with Crippen LogP contribution in [0.3, 0.4) is 0 Å². The molecule has 0 saturated heterocycles. The van der Waals surface area contributed by atoms with Crippen molar-refractivity contribution in [2.45, 2.75) is 19.4 Å². The number of hydrogen-bond donors (Lipinski definition) is 2. The van der Waals surface area contributed by atoms with Gasteiger partial charge in [0.05, 0.1) is 17.7 Å². The zero-order chi connectivity index (χ0) is 14.7. The van der Waals surface area contributed by atoms with Crippen molar-refractivity contribution in [1.29, 1.82) is 0 Å². The molecule has 0 saturated carbocycles. The maximum absolute atomic E-state index is 12.0. The highest BCUT2D eigenvalue weighted by Crippen LogP contribution is 2.22. The molecule has 1 atom stereocenters. The van der Waals surface area contributed by atoms with Crippen molar-refractivity contribution >= 4 is 17.7 Å². The van der Waals surface area contributed by atoms with Crippen LogP contribution in [0.15, 0.2) is 24.3 Å². The molecule has 2 rings (SSSR count). The molecular weight excluding hydrogens is 260 g/mol. The van der Waals surface area contributed by atoms with Crippen molar-refractivity contribution in [1.82, 2.24) is 10.2 Å². The highest BCUT2D eigenvalue weighted by atomic mass is 16.3. The van der Waals surface area contributed by atoms with Crippen molar-refractivity contribution in [2.24, 2.45) is 0 Å². The zero-order valence-electron chi connectivity index (χ0n) is 11.1. The lowest BCUT2D eigenvalue weighted by Gasteiger charge is -2.15. The fraction of sp³-hybridized carbons (Fsp3) is 0.357. The SMILES string of the molecule is C[C@@H](CO)NC(=O)CCN1C(=O)c2ccccc2C1=O. The predicted molar refractivity (Wildman–Crippen MR) is 71.1 cm³/mol. The largest absolute Gasteiger partial charge is 0.394 e. The minimum absolute atomic E-state index is 0.0236. The van der Waals surface area contributed by atoms with Crippen molar-refractivity contribution < 1.29 is 19.5 Å². The van der Waals surface area contributed by atoms with Crippen LogP contribution in [-0.4, -0.2) is 46.9 Å². The number of carbonyl (C=O) groups excluding carboxylic acids is 3. The molecule has 20 heavy (non-hydrogen) atoms. The molecule has 0 aliphatic carbocycles. The first-order valence-corrected chi connectivity index (χ1v) is 6.40. The van der Waals surface area contributed by atoms with Crippen molar-refractivity contribution in [3.8, 4) is 0 Å². The Labute approximate surface area is 116 Å². The normalized spacial score (nSPS) is 15.2. The number of hydrogen-bond acceptors (Lipinski definition) is 4. The fourth-order valence-corrected chi connectivity index (χ4v) is 2.05. The van der Waals surface area contributed by atoms with E-state index in [2.05, 4.69) is 5.32 Å². The number of nitrogens with one attached hydrogen (secondary N) is 1. The van der Waals surface area contributed by atoms with Gasteiger partial charge in [0, 0.05) is 19.0 Å². The van der Waals surface area contributed by atoms with Gasteiger partial charge in [-0.05, 0) is 19.1 Å². The number of carbonyl (C=O) groups is 3. The molecule has 1 aromatic carbocycles. The van der Waals surface area contributed by atoms with Gasteiger partial charge in [-0.1, -0.05) is 12.1 Å².